The molecule has 2 rings (SSSR count). The third-order valence-corrected chi connectivity index (χ3v) is 4.23. The average Bonchev–Trinajstić information content (AvgIpc) is 2.88. The first-order valence-corrected chi connectivity index (χ1v) is 7.80. The van der Waals surface area contributed by atoms with Crippen LogP contribution in [0, 0.1) is 11.7 Å². The van der Waals surface area contributed by atoms with E-state index >= 15 is 0 Å². The molecule has 1 aliphatic rings. The van der Waals surface area contributed by atoms with Gasteiger partial charge in [-0.15, -0.1) is 0 Å². The van der Waals surface area contributed by atoms with Gasteiger partial charge in [-0.25, -0.2) is 4.39 Å². The van der Waals surface area contributed by atoms with Gasteiger partial charge in [-0.3, -0.25) is 0 Å². The van der Waals surface area contributed by atoms with Crippen molar-refractivity contribution in [1.29, 1.82) is 0 Å². The number of hydrogen-bond donors (Lipinski definition) is 0. The molecule has 0 saturated carbocycles. The van der Waals surface area contributed by atoms with Crippen LogP contribution in [-0.4, -0.2) is 56.7 Å². The molecule has 0 bridgehead atoms. The minimum atomic E-state index is -0.181. The van der Waals surface area contributed by atoms with Crippen molar-refractivity contribution in [3.63, 3.8) is 0 Å². The molecule has 1 aromatic carbocycles. The number of benzene rings is 1. The van der Waals surface area contributed by atoms with Gasteiger partial charge in [0.05, 0.1) is 6.61 Å². The van der Waals surface area contributed by atoms with E-state index in [1.807, 2.05) is 7.05 Å². The Kier molecular flexibility index (Phi) is 6.42. The van der Waals surface area contributed by atoms with Gasteiger partial charge in [0.25, 0.3) is 0 Å². The van der Waals surface area contributed by atoms with Gasteiger partial charge >= 0.3 is 0 Å². The molecule has 5 heteroatoms. The Balaban J connectivity index is 1.80. The number of methoxy groups -OCH3 is 1. The van der Waals surface area contributed by atoms with Crippen LogP contribution in [0.5, 0.6) is 0 Å². The van der Waals surface area contributed by atoms with Gasteiger partial charge in [0, 0.05) is 43.9 Å². The number of nitrogens with zero attached hydrogens (tertiary/aromatic N) is 2. The molecule has 1 aliphatic heterocycles. The first kappa shape index (κ1) is 16.7. The highest BCUT2D eigenvalue weighted by Crippen LogP contribution is 2.20. The summed E-state index contributed by atoms with van der Waals surface area (Å²) in [6, 6.07) is 4.74. The Labute approximate surface area is 131 Å². The van der Waals surface area contributed by atoms with Gasteiger partial charge in [-0.05, 0) is 44.1 Å². The quantitative estimate of drug-likeness (QED) is 0.769. The predicted molar refractivity (Wildman–Crippen MR) is 84.2 cm³/mol. The maximum atomic E-state index is 13.7. The summed E-state index contributed by atoms with van der Waals surface area (Å²) in [5, 5.41) is 0.589. The van der Waals surface area contributed by atoms with Crippen LogP contribution in [-0.2, 0) is 11.3 Å². The van der Waals surface area contributed by atoms with Gasteiger partial charge in [0.15, 0.2) is 0 Å². The zero-order chi connectivity index (χ0) is 15.2. The fourth-order valence-electron chi connectivity index (χ4n) is 2.95. The normalized spacial score (nSPS) is 19.6. The van der Waals surface area contributed by atoms with Crippen LogP contribution >= 0.6 is 11.6 Å². The van der Waals surface area contributed by atoms with E-state index in [0.717, 1.165) is 32.8 Å². The summed E-state index contributed by atoms with van der Waals surface area (Å²) >= 11 is 5.93. The van der Waals surface area contributed by atoms with Gasteiger partial charge in [0.2, 0.25) is 0 Å². The van der Waals surface area contributed by atoms with E-state index in [0.29, 0.717) is 23.0 Å². The van der Waals surface area contributed by atoms with Crippen molar-refractivity contribution in [2.75, 3.05) is 46.9 Å². The minimum absolute atomic E-state index is 0.181. The highest BCUT2D eigenvalue weighted by atomic mass is 35.5. The van der Waals surface area contributed by atoms with Crippen LogP contribution in [0.2, 0.25) is 5.02 Å². The molecule has 21 heavy (non-hydrogen) atoms. The molecule has 0 aromatic heterocycles. The fourth-order valence-corrected chi connectivity index (χ4v) is 3.14. The van der Waals surface area contributed by atoms with Crippen molar-refractivity contribution in [3.8, 4) is 0 Å². The zero-order valence-electron chi connectivity index (χ0n) is 12.8. The molecule has 118 valence electrons. The Morgan fingerprint density at radius 1 is 1.48 bits per heavy atom. The second-order valence-electron chi connectivity index (χ2n) is 5.88. The lowest BCUT2D eigenvalue weighted by Gasteiger charge is -2.22. The molecule has 0 unspecified atom stereocenters. The standard InChI is InChI=1S/C16H24ClFN2O/c1-19(12-14-9-15(17)3-4-16(14)18)10-13-5-6-20(11-13)7-8-21-2/h3-4,9,13H,5-8,10-12H2,1-2H3/t13-/m1/s1. The molecule has 0 aliphatic carbocycles. The van der Waals surface area contributed by atoms with Crippen LogP contribution in [0.4, 0.5) is 4.39 Å². The van der Waals surface area contributed by atoms with Crippen molar-refractivity contribution < 1.29 is 9.13 Å². The molecule has 1 heterocycles. The summed E-state index contributed by atoms with van der Waals surface area (Å²) < 4.78 is 18.9. The Bertz CT molecular complexity index is 458. The molecule has 1 saturated heterocycles. The van der Waals surface area contributed by atoms with E-state index in [4.69, 9.17) is 16.3 Å². The van der Waals surface area contributed by atoms with Crippen molar-refractivity contribution in [3.05, 3.63) is 34.6 Å². The average molecular weight is 315 g/mol. The molecule has 0 spiro atoms. The maximum Gasteiger partial charge on any atom is 0.127 e. The van der Waals surface area contributed by atoms with Gasteiger partial charge in [-0.2, -0.15) is 0 Å². The lowest BCUT2D eigenvalue weighted by atomic mass is 10.1. The number of rotatable bonds is 7. The molecular weight excluding hydrogens is 291 g/mol. The lowest BCUT2D eigenvalue weighted by Crippen LogP contribution is -2.29. The van der Waals surface area contributed by atoms with E-state index in [1.54, 1.807) is 19.2 Å². The van der Waals surface area contributed by atoms with E-state index in [2.05, 4.69) is 9.80 Å². The number of ether oxygens (including phenoxy) is 1. The van der Waals surface area contributed by atoms with E-state index in [9.17, 15) is 4.39 Å². The summed E-state index contributed by atoms with van der Waals surface area (Å²) in [5.74, 6) is 0.466. The Hall–Kier alpha value is -0.680. The van der Waals surface area contributed by atoms with Crippen molar-refractivity contribution in [2.24, 2.45) is 5.92 Å². The summed E-state index contributed by atoms with van der Waals surface area (Å²) in [7, 11) is 3.78. The second kappa shape index (κ2) is 8.08. The molecule has 3 nitrogen and oxygen atoms in total. The molecule has 0 radical (unpaired) electrons. The van der Waals surface area contributed by atoms with Gasteiger partial charge in [-0.1, -0.05) is 11.6 Å². The first-order valence-electron chi connectivity index (χ1n) is 7.42. The second-order valence-corrected chi connectivity index (χ2v) is 6.32. The molecule has 1 atom stereocenters. The summed E-state index contributed by atoms with van der Waals surface area (Å²) in [6.45, 7) is 5.60. The van der Waals surface area contributed by atoms with Crippen LogP contribution in [0.25, 0.3) is 0 Å². The minimum Gasteiger partial charge on any atom is -0.383 e. The van der Waals surface area contributed by atoms with E-state index < -0.39 is 0 Å². The number of halogens is 2. The first-order chi connectivity index (χ1) is 10.1. The predicted octanol–water partition coefficient (Wildman–Crippen LogP) is 2.88. The molecular formula is C16H24ClFN2O. The maximum absolute atomic E-state index is 13.7. The van der Waals surface area contributed by atoms with E-state index in [-0.39, 0.29) is 5.82 Å². The SMILES string of the molecule is COCCN1CC[C@H](CN(C)Cc2cc(Cl)ccc2F)C1. The zero-order valence-corrected chi connectivity index (χ0v) is 13.6. The van der Waals surface area contributed by atoms with Crippen molar-refractivity contribution >= 4 is 11.6 Å². The Morgan fingerprint density at radius 2 is 2.29 bits per heavy atom. The Morgan fingerprint density at radius 3 is 3.05 bits per heavy atom. The number of likely N-dealkylation sites (tertiary alicyclic amines) is 1. The van der Waals surface area contributed by atoms with E-state index in [1.165, 1.54) is 12.5 Å². The topological polar surface area (TPSA) is 15.7 Å². The van der Waals surface area contributed by atoms with Gasteiger partial charge < -0.3 is 14.5 Å². The van der Waals surface area contributed by atoms with Crippen LogP contribution in [0.15, 0.2) is 18.2 Å². The molecule has 1 aromatic rings. The summed E-state index contributed by atoms with van der Waals surface area (Å²) in [4.78, 5) is 4.61. The van der Waals surface area contributed by atoms with Gasteiger partial charge in [0.1, 0.15) is 5.82 Å². The van der Waals surface area contributed by atoms with Crippen LogP contribution in [0.3, 0.4) is 0 Å². The summed E-state index contributed by atoms with van der Waals surface area (Å²) in [5.41, 5.74) is 0.666. The molecule has 0 amide bonds. The third-order valence-electron chi connectivity index (χ3n) is 4.00. The van der Waals surface area contributed by atoms with Crippen molar-refractivity contribution in [1.82, 2.24) is 9.80 Å². The van der Waals surface area contributed by atoms with Crippen LogP contribution in [0.1, 0.15) is 12.0 Å². The largest absolute Gasteiger partial charge is 0.383 e. The third kappa shape index (κ3) is 5.22. The lowest BCUT2D eigenvalue weighted by molar-refractivity contribution is 0.157. The van der Waals surface area contributed by atoms with Crippen molar-refractivity contribution in [2.45, 2.75) is 13.0 Å². The number of hydrogen-bond acceptors (Lipinski definition) is 3. The highest BCUT2D eigenvalue weighted by Gasteiger charge is 2.23. The molecule has 1 fully saturated rings. The van der Waals surface area contributed by atoms with Crippen LogP contribution < -0.4 is 0 Å². The monoisotopic (exact) mass is 314 g/mol. The molecule has 0 N–H and O–H groups in total. The smallest absolute Gasteiger partial charge is 0.127 e. The highest BCUT2D eigenvalue weighted by molar-refractivity contribution is 6.30. The fraction of sp³-hybridized carbons (Fsp3) is 0.625. The summed E-state index contributed by atoms with van der Waals surface area (Å²) in [6.07, 6.45) is 1.20.